The zero-order chi connectivity index (χ0) is 26.2. The maximum absolute atomic E-state index is 13.4. The molecule has 12 heteroatoms. The van der Waals surface area contributed by atoms with Crippen molar-refractivity contribution >= 4 is 22.4 Å². The maximum Gasteiger partial charge on any atom is 0.416 e. The predicted octanol–water partition coefficient (Wildman–Crippen LogP) is 4.57. The fourth-order valence-corrected chi connectivity index (χ4v) is 5.48. The van der Waals surface area contributed by atoms with E-state index in [1.54, 1.807) is 24.3 Å². The summed E-state index contributed by atoms with van der Waals surface area (Å²) < 4.78 is 41.2. The molecule has 0 radical (unpaired) electrons. The van der Waals surface area contributed by atoms with Crippen LogP contribution in [0, 0.1) is 10.1 Å². The van der Waals surface area contributed by atoms with Gasteiger partial charge in [-0.2, -0.15) is 13.2 Å². The van der Waals surface area contributed by atoms with E-state index in [4.69, 9.17) is 0 Å². The second kappa shape index (κ2) is 7.69. The van der Waals surface area contributed by atoms with Gasteiger partial charge in [0.25, 0.3) is 11.6 Å². The van der Waals surface area contributed by atoms with E-state index in [-0.39, 0.29) is 35.1 Å². The standard InChI is InChI=1S/C25H17F3N4O5/c26-25(27,28)14-7-5-13(6-8-14)22(33)29-12-15-11-20(29)21-23(34)31(24(35)30(15)21)18-9-10-19(32(36)37)17-4-2-1-3-16(17)18/h1-10,15,20,34H,11-12H2/t15-,20-/m0/s1. The van der Waals surface area contributed by atoms with Gasteiger partial charge >= 0.3 is 11.9 Å². The van der Waals surface area contributed by atoms with Crippen LogP contribution >= 0.6 is 0 Å². The summed E-state index contributed by atoms with van der Waals surface area (Å²) in [5.74, 6) is -0.894. The first-order valence-electron chi connectivity index (χ1n) is 11.3. The zero-order valence-corrected chi connectivity index (χ0v) is 18.8. The van der Waals surface area contributed by atoms with Crippen molar-refractivity contribution in [3.63, 3.8) is 0 Å². The van der Waals surface area contributed by atoms with Gasteiger partial charge in [0.15, 0.2) is 0 Å². The molecular weight excluding hydrogens is 493 g/mol. The minimum absolute atomic E-state index is 0.0646. The predicted molar refractivity (Wildman–Crippen MR) is 125 cm³/mol. The molecule has 0 aliphatic carbocycles. The molecule has 4 aromatic rings. The molecule has 2 aliphatic heterocycles. The van der Waals surface area contributed by atoms with Gasteiger partial charge in [0.05, 0.1) is 33.6 Å². The molecule has 9 nitrogen and oxygen atoms in total. The molecule has 1 aromatic heterocycles. The number of aromatic nitrogens is 2. The highest BCUT2D eigenvalue weighted by molar-refractivity contribution is 5.97. The van der Waals surface area contributed by atoms with E-state index in [0.29, 0.717) is 17.2 Å². The summed E-state index contributed by atoms with van der Waals surface area (Å²) in [6.07, 6.45) is -4.15. The lowest BCUT2D eigenvalue weighted by Gasteiger charge is -2.27. The number of imidazole rings is 1. The number of aromatic hydroxyl groups is 1. The number of hydrogen-bond acceptors (Lipinski definition) is 5. The Labute approximate surface area is 205 Å². The third kappa shape index (κ3) is 3.25. The summed E-state index contributed by atoms with van der Waals surface area (Å²) in [5.41, 5.74) is -1.01. The first-order chi connectivity index (χ1) is 17.6. The number of fused-ring (bicyclic) bond motifs is 6. The fraction of sp³-hybridized carbons (Fsp3) is 0.200. The molecule has 2 bridgehead atoms. The molecule has 0 saturated carbocycles. The summed E-state index contributed by atoms with van der Waals surface area (Å²) in [7, 11) is 0. The molecule has 6 rings (SSSR count). The van der Waals surface area contributed by atoms with Gasteiger partial charge in [-0.3, -0.25) is 19.5 Å². The largest absolute Gasteiger partial charge is 0.493 e. The monoisotopic (exact) mass is 510 g/mol. The first kappa shape index (κ1) is 22.8. The second-order valence-corrected chi connectivity index (χ2v) is 9.04. The van der Waals surface area contributed by atoms with Crippen molar-refractivity contribution in [3.05, 3.63) is 98.1 Å². The van der Waals surface area contributed by atoms with Crippen molar-refractivity contribution in [2.24, 2.45) is 0 Å². The van der Waals surface area contributed by atoms with Crippen molar-refractivity contribution < 1.29 is 28.0 Å². The van der Waals surface area contributed by atoms with Gasteiger partial charge in [0.2, 0.25) is 5.88 Å². The van der Waals surface area contributed by atoms with Crippen LogP contribution in [0.1, 0.15) is 40.1 Å². The van der Waals surface area contributed by atoms with E-state index in [1.807, 2.05) is 0 Å². The average Bonchev–Trinajstić information content (AvgIpc) is 3.54. The van der Waals surface area contributed by atoms with Gasteiger partial charge in [-0.1, -0.05) is 18.2 Å². The van der Waals surface area contributed by atoms with Crippen LogP contribution in [0.2, 0.25) is 0 Å². The Balaban J connectivity index is 1.41. The Bertz CT molecular complexity index is 1670. The fourth-order valence-electron chi connectivity index (χ4n) is 5.48. The van der Waals surface area contributed by atoms with Crippen LogP contribution in [0.15, 0.2) is 65.5 Å². The molecule has 3 heterocycles. The SMILES string of the molecule is O=C(c1ccc(C(F)(F)F)cc1)N1C[C@@H]2C[C@H]1c1c(O)n(-c3ccc([N+](=O)[O-])c4ccccc34)c(=O)n12. The van der Waals surface area contributed by atoms with Crippen molar-refractivity contribution in [1.29, 1.82) is 0 Å². The minimum atomic E-state index is -4.53. The van der Waals surface area contributed by atoms with E-state index in [9.17, 15) is 38.0 Å². The molecule has 37 heavy (non-hydrogen) atoms. The van der Waals surface area contributed by atoms with Gasteiger partial charge in [0, 0.05) is 23.6 Å². The number of amides is 1. The Kier molecular flexibility index (Phi) is 4.75. The topological polar surface area (TPSA) is 111 Å². The third-order valence-electron chi connectivity index (χ3n) is 7.09. The number of carbonyl (C=O) groups is 1. The number of alkyl halides is 3. The number of halogens is 3. The molecule has 1 N–H and O–H groups in total. The van der Waals surface area contributed by atoms with Crippen LogP contribution in [0.3, 0.4) is 0 Å². The second-order valence-electron chi connectivity index (χ2n) is 9.04. The molecule has 1 fully saturated rings. The molecule has 2 aliphatic rings. The number of nitrogens with zero attached hydrogens (tertiary/aromatic N) is 4. The van der Waals surface area contributed by atoms with Crippen molar-refractivity contribution in [3.8, 4) is 11.6 Å². The summed E-state index contributed by atoms with van der Waals surface area (Å²) in [4.78, 5) is 39.0. The maximum atomic E-state index is 13.4. The van der Waals surface area contributed by atoms with Crippen molar-refractivity contribution in [1.82, 2.24) is 14.0 Å². The van der Waals surface area contributed by atoms with Crippen LogP contribution in [0.4, 0.5) is 18.9 Å². The summed E-state index contributed by atoms with van der Waals surface area (Å²) in [6, 6.07) is 11.9. The number of likely N-dealkylation sites (tertiary alicyclic amines) is 1. The normalized spacial score (nSPS) is 18.4. The molecule has 1 amide bonds. The number of nitro groups is 1. The average molecular weight is 510 g/mol. The number of benzene rings is 3. The Hall–Kier alpha value is -4.61. The van der Waals surface area contributed by atoms with Crippen LogP contribution in [-0.2, 0) is 6.18 Å². The van der Waals surface area contributed by atoms with Crippen LogP contribution in [0.5, 0.6) is 5.88 Å². The highest BCUT2D eigenvalue weighted by Gasteiger charge is 2.49. The summed E-state index contributed by atoms with van der Waals surface area (Å²) in [5, 5.41) is 23.4. The van der Waals surface area contributed by atoms with E-state index in [2.05, 4.69) is 0 Å². The summed E-state index contributed by atoms with van der Waals surface area (Å²) >= 11 is 0. The lowest BCUT2D eigenvalue weighted by atomic mass is 10.1. The van der Waals surface area contributed by atoms with E-state index in [0.717, 1.165) is 28.8 Å². The number of hydrogen-bond donors (Lipinski definition) is 1. The van der Waals surface area contributed by atoms with E-state index in [1.165, 1.54) is 21.6 Å². The molecular formula is C25H17F3N4O5. The van der Waals surface area contributed by atoms with Crippen LogP contribution in [-0.4, -0.2) is 36.5 Å². The molecule has 188 valence electrons. The van der Waals surface area contributed by atoms with E-state index < -0.39 is 40.3 Å². The Morgan fingerprint density at radius 1 is 1.03 bits per heavy atom. The molecule has 0 spiro atoms. The highest BCUT2D eigenvalue weighted by Crippen LogP contribution is 2.49. The lowest BCUT2D eigenvalue weighted by Crippen LogP contribution is -2.37. The molecule has 1 saturated heterocycles. The Morgan fingerprint density at radius 3 is 2.35 bits per heavy atom. The number of rotatable bonds is 3. The summed E-state index contributed by atoms with van der Waals surface area (Å²) in [6.45, 7) is 0.155. The van der Waals surface area contributed by atoms with Crippen molar-refractivity contribution in [2.75, 3.05) is 6.54 Å². The molecule has 0 unspecified atom stereocenters. The van der Waals surface area contributed by atoms with Gasteiger partial charge in [-0.05, 0) is 42.8 Å². The van der Waals surface area contributed by atoms with Crippen LogP contribution < -0.4 is 5.69 Å². The van der Waals surface area contributed by atoms with Gasteiger partial charge < -0.3 is 10.0 Å². The molecule has 3 aromatic carbocycles. The Morgan fingerprint density at radius 2 is 1.70 bits per heavy atom. The smallest absolute Gasteiger partial charge is 0.416 e. The number of non-ortho nitro benzene ring substituents is 1. The lowest BCUT2D eigenvalue weighted by molar-refractivity contribution is -0.383. The van der Waals surface area contributed by atoms with Gasteiger partial charge in [0.1, 0.15) is 5.69 Å². The third-order valence-corrected chi connectivity index (χ3v) is 7.09. The van der Waals surface area contributed by atoms with E-state index >= 15 is 0 Å². The first-order valence-corrected chi connectivity index (χ1v) is 11.3. The van der Waals surface area contributed by atoms with Gasteiger partial charge in [-0.15, -0.1) is 0 Å². The van der Waals surface area contributed by atoms with Gasteiger partial charge in [-0.25, -0.2) is 9.36 Å². The number of carbonyl (C=O) groups excluding carboxylic acids is 1. The number of nitro benzene ring substituents is 1. The van der Waals surface area contributed by atoms with Crippen LogP contribution in [0.25, 0.3) is 16.5 Å². The molecule has 2 atom stereocenters. The zero-order valence-electron chi connectivity index (χ0n) is 18.8. The van der Waals surface area contributed by atoms with Crippen molar-refractivity contribution in [2.45, 2.75) is 24.7 Å². The highest BCUT2D eigenvalue weighted by atomic mass is 19.4. The quantitative estimate of drug-likeness (QED) is 0.321. The minimum Gasteiger partial charge on any atom is -0.493 e.